The van der Waals surface area contributed by atoms with Crippen LogP contribution in [-0.2, 0) is 0 Å². The van der Waals surface area contributed by atoms with Crippen molar-refractivity contribution in [1.82, 2.24) is 24.9 Å². The molecule has 0 spiro atoms. The number of hydrogen-bond acceptors (Lipinski definition) is 3. The summed E-state index contributed by atoms with van der Waals surface area (Å²) in [6.45, 7) is 7.59. The number of hydrogen-bond donors (Lipinski definition) is 1. The molecule has 3 heterocycles. The number of fused-ring (bicyclic) bond motifs is 1. The lowest BCUT2D eigenvalue weighted by atomic mass is 10.0. The Kier molecular flexibility index (Phi) is 3.82. The Bertz CT molecular complexity index is 939. The number of benzene rings is 1. The zero-order valence-electron chi connectivity index (χ0n) is 14.9. The highest BCUT2D eigenvalue weighted by molar-refractivity contribution is 6.05. The molecule has 1 aliphatic rings. The van der Waals surface area contributed by atoms with Crippen LogP contribution in [0.4, 0.5) is 0 Å². The van der Waals surface area contributed by atoms with Gasteiger partial charge in [-0.3, -0.25) is 14.6 Å². The van der Waals surface area contributed by atoms with Crippen molar-refractivity contribution in [3.63, 3.8) is 0 Å². The average molecular weight is 337 g/mol. The van der Waals surface area contributed by atoms with Gasteiger partial charge in [0, 0.05) is 24.2 Å². The van der Waals surface area contributed by atoms with Gasteiger partial charge in [-0.1, -0.05) is 0 Å². The molecule has 25 heavy (non-hydrogen) atoms. The molecular weight excluding hydrogens is 314 g/mol. The Morgan fingerprint density at radius 2 is 2.08 bits per heavy atom. The van der Waals surface area contributed by atoms with E-state index in [1.807, 2.05) is 30.9 Å². The normalized spacial score (nSPS) is 18.0. The third-order valence-electron chi connectivity index (χ3n) is 5.00. The number of carbonyl (C=O) groups is 1. The maximum absolute atomic E-state index is 13.2. The van der Waals surface area contributed by atoms with E-state index in [1.54, 1.807) is 6.20 Å². The quantitative estimate of drug-likeness (QED) is 0.781. The standard InChI is InChI=1S/C19H23N5O/c1-12-7-15-10-20-21-18(15)17(8-12)19(25)23-6-4-5-16(11-23)24-14(3)9-13(2)22-24/h7-10,16H,4-6,11H2,1-3H3,(H,20,21). The summed E-state index contributed by atoms with van der Waals surface area (Å²) in [6.07, 6.45) is 3.82. The first-order valence-electron chi connectivity index (χ1n) is 8.78. The summed E-state index contributed by atoms with van der Waals surface area (Å²) in [5, 5.41) is 12.7. The number of carbonyl (C=O) groups excluding carboxylic acids is 1. The van der Waals surface area contributed by atoms with E-state index in [0.717, 1.165) is 47.2 Å². The first-order valence-corrected chi connectivity index (χ1v) is 8.78. The van der Waals surface area contributed by atoms with E-state index in [2.05, 4.69) is 33.0 Å². The summed E-state index contributed by atoms with van der Waals surface area (Å²) in [5.74, 6) is 0.0733. The molecule has 6 heteroatoms. The Balaban J connectivity index is 1.63. The monoisotopic (exact) mass is 337 g/mol. The SMILES string of the molecule is Cc1cc(C(=O)N2CCCC(n3nc(C)cc3C)C2)c2[nH]ncc2c1. The van der Waals surface area contributed by atoms with Crippen LogP contribution in [0.5, 0.6) is 0 Å². The highest BCUT2D eigenvalue weighted by Gasteiger charge is 2.28. The van der Waals surface area contributed by atoms with Crippen LogP contribution in [0, 0.1) is 20.8 Å². The van der Waals surface area contributed by atoms with Gasteiger partial charge in [-0.25, -0.2) is 0 Å². The molecule has 1 aliphatic heterocycles. The molecule has 1 aromatic carbocycles. The van der Waals surface area contributed by atoms with Crippen molar-refractivity contribution in [1.29, 1.82) is 0 Å². The Morgan fingerprint density at radius 1 is 1.24 bits per heavy atom. The minimum absolute atomic E-state index is 0.0733. The third-order valence-corrected chi connectivity index (χ3v) is 5.00. The van der Waals surface area contributed by atoms with E-state index < -0.39 is 0 Å². The maximum atomic E-state index is 13.2. The molecule has 0 bridgehead atoms. The molecular formula is C19H23N5O. The van der Waals surface area contributed by atoms with E-state index in [-0.39, 0.29) is 11.9 Å². The van der Waals surface area contributed by atoms with Crippen LogP contribution in [-0.4, -0.2) is 43.9 Å². The highest BCUT2D eigenvalue weighted by Crippen LogP contribution is 2.26. The van der Waals surface area contributed by atoms with Gasteiger partial charge in [0.2, 0.25) is 0 Å². The second kappa shape index (κ2) is 6.02. The Morgan fingerprint density at radius 3 is 2.84 bits per heavy atom. The third kappa shape index (κ3) is 2.81. The maximum Gasteiger partial charge on any atom is 0.256 e. The molecule has 1 amide bonds. The van der Waals surface area contributed by atoms with Crippen LogP contribution in [0.25, 0.3) is 10.9 Å². The topological polar surface area (TPSA) is 66.8 Å². The first kappa shape index (κ1) is 15.9. The van der Waals surface area contributed by atoms with Crippen LogP contribution in [0.2, 0.25) is 0 Å². The smallest absolute Gasteiger partial charge is 0.256 e. The van der Waals surface area contributed by atoms with E-state index in [4.69, 9.17) is 0 Å². The van der Waals surface area contributed by atoms with Crippen molar-refractivity contribution < 1.29 is 4.79 Å². The summed E-state index contributed by atoms with van der Waals surface area (Å²) in [6, 6.07) is 6.34. The summed E-state index contributed by atoms with van der Waals surface area (Å²) in [4.78, 5) is 15.1. The lowest BCUT2D eigenvalue weighted by Gasteiger charge is -2.33. The molecule has 0 aliphatic carbocycles. The van der Waals surface area contributed by atoms with Crippen LogP contribution < -0.4 is 0 Å². The molecule has 2 aromatic heterocycles. The zero-order chi connectivity index (χ0) is 17.6. The van der Waals surface area contributed by atoms with Gasteiger partial charge in [0.05, 0.1) is 29.0 Å². The number of nitrogens with zero attached hydrogens (tertiary/aromatic N) is 4. The minimum atomic E-state index is 0.0733. The Hall–Kier alpha value is -2.63. The number of amides is 1. The number of aromatic amines is 1. The molecule has 1 fully saturated rings. The van der Waals surface area contributed by atoms with Gasteiger partial charge >= 0.3 is 0 Å². The summed E-state index contributed by atoms with van der Waals surface area (Å²) >= 11 is 0. The van der Waals surface area contributed by atoms with Crippen LogP contribution in [0.15, 0.2) is 24.4 Å². The number of H-pyrrole nitrogens is 1. The van der Waals surface area contributed by atoms with Gasteiger partial charge in [0.25, 0.3) is 5.91 Å². The second-order valence-electron chi connectivity index (χ2n) is 7.07. The van der Waals surface area contributed by atoms with E-state index >= 15 is 0 Å². The molecule has 3 aromatic rings. The fourth-order valence-electron chi connectivity index (χ4n) is 3.90. The van der Waals surface area contributed by atoms with Crippen molar-refractivity contribution in [2.75, 3.05) is 13.1 Å². The van der Waals surface area contributed by atoms with Crippen molar-refractivity contribution >= 4 is 16.8 Å². The number of piperidine rings is 1. The van der Waals surface area contributed by atoms with E-state index in [9.17, 15) is 4.79 Å². The fourth-order valence-corrected chi connectivity index (χ4v) is 3.90. The largest absolute Gasteiger partial charge is 0.336 e. The van der Waals surface area contributed by atoms with Gasteiger partial charge in [0.15, 0.2) is 0 Å². The molecule has 1 saturated heterocycles. The van der Waals surface area contributed by atoms with Crippen LogP contribution in [0.3, 0.4) is 0 Å². The van der Waals surface area contributed by atoms with E-state index in [1.165, 1.54) is 0 Å². The van der Waals surface area contributed by atoms with Crippen LogP contribution >= 0.6 is 0 Å². The Labute approximate surface area is 146 Å². The molecule has 0 radical (unpaired) electrons. The molecule has 1 unspecified atom stereocenters. The molecule has 6 nitrogen and oxygen atoms in total. The van der Waals surface area contributed by atoms with Crippen LogP contribution in [0.1, 0.15) is 46.2 Å². The first-order chi connectivity index (χ1) is 12.0. The zero-order valence-corrected chi connectivity index (χ0v) is 14.9. The van der Waals surface area contributed by atoms with Gasteiger partial charge in [-0.15, -0.1) is 0 Å². The molecule has 4 rings (SSSR count). The molecule has 1 atom stereocenters. The number of aromatic nitrogens is 4. The van der Waals surface area contributed by atoms with Crippen molar-refractivity contribution in [3.05, 3.63) is 46.9 Å². The minimum Gasteiger partial charge on any atom is -0.336 e. The lowest BCUT2D eigenvalue weighted by Crippen LogP contribution is -2.41. The molecule has 1 N–H and O–H groups in total. The highest BCUT2D eigenvalue weighted by atomic mass is 16.2. The lowest BCUT2D eigenvalue weighted by molar-refractivity contribution is 0.0673. The number of likely N-dealkylation sites (tertiary alicyclic amines) is 1. The van der Waals surface area contributed by atoms with Gasteiger partial charge in [-0.2, -0.15) is 10.2 Å². The number of aryl methyl sites for hydroxylation is 3. The van der Waals surface area contributed by atoms with E-state index in [0.29, 0.717) is 12.1 Å². The molecule has 130 valence electrons. The number of rotatable bonds is 2. The predicted molar refractivity (Wildman–Crippen MR) is 96.7 cm³/mol. The van der Waals surface area contributed by atoms with Crippen molar-refractivity contribution in [3.8, 4) is 0 Å². The average Bonchev–Trinajstić information content (AvgIpc) is 3.19. The predicted octanol–water partition coefficient (Wildman–Crippen LogP) is 3.16. The van der Waals surface area contributed by atoms with Gasteiger partial charge in [-0.05, 0) is 57.4 Å². The van der Waals surface area contributed by atoms with Gasteiger partial charge in [0.1, 0.15) is 0 Å². The van der Waals surface area contributed by atoms with Crippen molar-refractivity contribution in [2.24, 2.45) is 0 Å². The summed E-state index contributed by atoms with van der Waals surface area (Å²) in [5.41, 5.74) is 4.79. The summed E-state index contributed by atoms with van der Waals surface area (Å²) in [7, 11) is 0. The fraction of sp³-hybridized carbons (Fsp3) is 0.421. The van der Waals surface area contributed by atoms with Crippen molar-refractivity contribution in [2.45, 2.75) is 39.7 Å². The molecule has 0 saturated carbocycles. The number of nitrogens with one attached hydrogen (secondary N) is 1. The summed E-state index contributed by atoms with van der Waals surface area (Å²) < 4.78 is 2.08. The second-order valence-corrected chi connectivity index (χ2v) is 7.07. The van der Waals surface area contributed by atoms with Gasteiger partial charge < -0.3 is 4.90 Å².